The Morgan fingerprint density at radius 1 is 1.44 bits per heavy atom. The van der Waals surface area contributed by atoms with Gasteiger partial charge in [0.25, 0.3) is 0 Å². The Hall–Kier alpha value is -0.880. The second kappa shape index (κ2) is 8.26. The first-order valence-corrected chi connectivity index (χ1v) is 5.29. The molecule has 0 saturated carbocycles. The number of amides is 1. The topological polar surface area (TPSA) is 68.5 Å². The number of nitrogens with zero attached hydrogens (tertiary/aromatic N) is 2. The molecule has 1 aliphatic heterocycles. The third kappa shape index (κ3) is 4.42. The average Bonchev–Trinajstić information content (AvgIpc) is 2.33. The van der Waals surface area contributed by atoms with E-state index in [0.29, 0.717) is 19.6 Å². The fourth-order valence-corrected chi connectivity index (χ4v) is 1.66. The molecule has 1 atom stereocenters. The summed E-state index contributed by atoms with van der Waals surface area (Å²) in [6.45, 7) is 1.63. The van der Waals surface area contributed by atoms with E-state index < -0.39 is 0 Å². The second-order valence-corrected chi connectivity index (χ2v) is 3.76. The standard InChI is InChI=1S/C11H15N3O2.2ClH/c12-5-10-7-14(11(15)8-16-10)6-9-3-1-2-4-13-9;;/h1-4,10H,5-8,12H2;2*1H. The molecule has 0 aliphatic carbocycles. The highest BCUT2D eigenvalue weighted by Crippen LogP contribution is 2.09. The van der Waals surface area contributed by atoms with Crippen LogP contribution >= 0.6 is 24.8 Å². The van der Waals surface area contributed by atoms with Crippen molar-refractivity contribution in [2.24, 2.45) is 5.73 Å². The van der Waals surface area contributed by atoms with E-state index in [1.807, 2.05) is 18.2 Å². The summed E-state index contributed by atoms with van der Waals surface area (Å²) in [7, 11) is 0. The lowest BCUT2D eigenvalue weighted by atomic mass is 10.2. The molecule has 102 valence electrons. The van der Waals surface area contributed by atoms with E-state index in [9.17, 15) is 4.79 Å². The smallest absolute Gasteiger partial charge is 0.249 e. The van der Waals surface area contributed by atoms with Crippen LogP contribution in [0.5, 0.6) is 0 Å². The Balaban J connectivity index is 0.00000144. The fourth-order valence-electron chi connectivity index (χ4n) is 1.66. The van der Waals surface area contributed by atoms with Gasteiger partial charge in [0, 0.05) is 19.3 Å². The fraction of sp³-hybridized carbons (Fsp3) is 0.455. The maximum atomic E-state index is 11.6. The lowest BCUT2D eigenvalue weighted by molar-refractivity contribution is -0.149. The van der Waals surface area contributed by atoms with Crippen molar-refractivity contribution in [2.45, 2.75) is 12.6 Å². The normalized spacial score (nSPS) is 18.8. The molecule has 1 aromatic heterocycles. The zero-order valence-electron chi connectivity index (χ0n) is 9.82. The molecule has 2 rings (SSSR count). The maximum Gasteiger partial charge on any atom is 0.249 e. The molecule has 1 amide bonds. The highest BCUT2D eigenvalue weighted by atomic mass is 35.5. The minimum atomic E-state index is -0.0542. The molecule has 1 saturated heterocycles. The van der Waals surface area contributed by atoms with E-state index >= 15 is 0 Å². The molecule has 2 N–H and O–H groups in total. The Morgan fingerprint density at radius 3 is 2.83 bits per heavy atom. The van der Waals surface area contributed by atoms with Crippen LogP contribution in [0.4, 0.5) is 0 Å². The first-order chi connectivity index (χ1) is 7.79. The minimum Gasteiger partial charge on any atom is -0.365 e. The number of aromatic nitrogens is 1. The van der Waals surface area contributed by atoms with Crippen LogP contribution in [0.15, 0.2) is 24.4 Å². The van der Waals surface area contributed by atoms with Gasteiger partial charge in [-0.3, -0.25) is 9.78 Å². The largest absolute Gasteiger partial charge is 0.365 e. The quantitative estimate of drug-likeness (QED) is 0.887. The molecule has 1 fully saturated rings. The number of ether oxygens (including phenoxy) is 1. The van der Waals surface area contributed by atoms with Crippen LogP contribution in [-0.4, -0.2) is 41.6 Å². The zero-order valence-corrected chi connectivity index (χ0v) is 11.5. The molecular weight excluding hydrogens is 277 g/mol. The number of hydrogen-bond acceptors (Lipinski definition) is 4. The third-order valence-electron chi connectivity index (χ3n) is 2.56. The summed E-state index contributed by atoms with van der Waals surface area (Å²) < 4.78 is 5.27. The van der Waals surface area contributed by atoms with Crippen LogP contribution in [0, 0.1) is 0 Å². The van der Waals surface area contributed by atoms with Crippen molar-refractivity contribution in [1.82, 2.24) is 9.88 Å². The van der Waals surface area contributed by atoms with Crippen LogP contribution in [0.2, 0.25) is 0 Å². The van der Waals surface area contributed by atoms with Crippen molar-refractivity contribution in [3.8, 4) is 0 Å². The van der Waals surface area contributed by atoms with Crippen LogP contribution < -0.4 is 5.73 Å². The van der Waals surface area contributed by atoms with Crippen molar-refractivity contribution in [1.29, 1.82) is 0 Å². The summed E-state index contributed by atoms with van der Waals surface area (Å²) >= 11 is 0. The van der Waals surface area contributed by atoms with Gasteiger partial charge in [-0.15, -0.1) is 24.8 Å². The second-order valence-electron chi connectivity index (χ2n) is 3.76. The first kappa shape index (κ1) is 17.1. The van der Waals surface area contributed by atoms with Gasteiger partial charge in [-0.1, -0.05) is 6.07 Å². The number of pyridine rings is 1. The molecular formula is C11H17Cl2N3O2. The lowest BCUT2D eigenvalue weighted by Gasteiger charge is -2.31. The molecule has 0 aromatic carbocycles. The number of rotatable bonds is 3. The molecule has 0 bridgehead atoms. The van der Waals surface area contributed by atoms with Gasteiger partial charge in [0.05, 0.1) is 18.3 Å². The number of morpholine rings is 1. The third-order valence-corrected chi connectivity index (χ3v) is 2.56. The Bertz CT molecular complexity index is 365. The SMILES string of the molecule is Cl.Cl.NCC1CN(Cc2ccccn2)C(=O)CO1. The van der Waals surface area contributed by atoms with E-state index in [1.54, 1.807) is 11.1 Å². The van der Waals surface area contributed by atoms with E-state index in [0.717, 1.165) is 5.69 Å². The minimum absolute atomic E-state index is 0. The van der Waals surface area contributed by atoms with E-state index in [-0.39, 0.29) is 43.4 Å². The van der Waals surface area contributed by atoms with Crippen LogP contribution in [0.3, 0.4) is 0 Å². The molecule has 5 nitrogen and oxygen atoms in total. The summed E-state index contributed by atoms with van der Waals surface area (Å²) in [6.07, 6.45) is 1.67. The highest BCUT2D eigenvalue weighted by Gasteiger charge is 2.25. The van der Waals surface area contributed by atoms with Crippen LogP contribution in [0.25, 0.3) is 0 Å². The molecule has 7 heteroatoms. The van der Waals surface area contributed by atoms with Gasteiger partial charge in [-0.2, -0.15) is 0 Å². The number of halogens is 2. The summed E-state index contributed by atoms with van der Waals surface area (Å²) in [4.78, 5) is 17.5. The Kier molecular flexibility index (Phi) is 7.86. The van der Waals surface area contributed by atoms with E-state index in [1.165, 1.54) is 0 Å². The highest BCUT2D eigenvalue weighted by molar-refractivity contribution is 5.85. The van der Waals surface area contributed by atoms with Gasteiger partial charge in [0.2, 0.25) is 5.91 Å². The van der Waals surface area contributed by atoms with E-state index in [4.69, 9.17) is 10.5 Å². The number of hydrogen-bond donors (Lipinski definition) is 1. The Morgan fingerprint density at radius 2 is 2.22 bits per heavy atom. The van der Waals surface area contributed by atoms with Crippen molar-refractivity contribution in [2.75, 3.05) is 19.7 Å². The summed E-state index contributed by atoms with van der Waals surface area (Å²) in [5.41, 5.74) is 6.41. The van der Waals surface area contributed by atoms with Crippen LogP contribution in [0.1, 0.15) is 5.69 Å². The van der Waals surface area contributed by atoms with Gasteiger partial charge in [0.15, 0.2) is 0 Å². The average molecular weight is 294 g/mol. The summed E-state index contributed by atoms with van der Waals surface area (Å²) in [6, 6.07) is 5.67. The molecule has 1 aliphatic rings. The van der Waals surface area contributed by atoms with Gasteiger partial charge >= 0.3 is 0 Å². The Labute approximate surface area is 119 Å². The first-order valence-electron chi connectivity index (χ1n) is 5.29. The predicted octanol–water partition coefficient (Wildman–Crippen LogP) is 0.611. The van der Waals surface area contributed by atoms with Crippen molar-refractivity contribution in [3.05, 3.63) is 30.1 Å². The van der Waals surface area contributed by atoms with Crippen molar-refractivity contribution in [3.63, 3.8) is 0 Å². The molecule has 1 aromatic rings. The zero-order chi connectivity index (χ0) is 11.4. The number of carbonyl (C=O) groups excluding carboxylic acids is 1. The van der Waals surface area contributed by atoms with Gasteiger partial charge < -0.3 is 15.4 Å². The molecule has 2 heterocycles. The van der Waals surface area contributed by atoms with Crippen molar-refractivity contribution < 1.29 is 9.53 Å². The predicted molar refractivity (Wildman–Crippen MR) is 72.9 cm³/mol. The summed E-state index contributed by atoms with van der Waals surface area (Å²) in [5.74, 6) is -0.00430. The lowest BCUT2D eigenvalue weighted by Crippen LogP contribution is -2.48. The molecule has 0 spiro atoms. The number of nitrogens with two attached hydrogens (primary N) is 1. The van der Waals surface area contributed by atoms with Gasteiger partial charge in [-0.25, -0.2) is 0 Å². The van der Waals surface area contributed by atoms with E-state index in [2.05, 4.69) is 4.98 Å². The molecule has 1 unspecified atom stereocenters. The summed E-state index contributed by atoms with van der Waals surface area (Å²) in [5, 5.41) is 0. The van der Waals surface area contributed by atoms with Crippen molar-refractivity contribution >= 4 is 30.7 Å². The number of carbonyl (C=O) groups is 1. The van der Waals surface area contributed by atoms with Crippen LogP contribution in [-0.2, 0) is 16.1 Å². The molecule has 0 radical (unpaired) electrons. The van der Waals surface area contributed by atoms with Gasteiger partial charge in [-0.05, 0) is 12.1 Å². The monoisotopic (exact) mass is 293 g/mol. The van der Waals surface area contributed by atoms with Gasteiger partial charge in [0.1, 0.15) is 6.61 Å². The molecule has 18 heavy (non-hydrogen) atoms. The maximum absolute atomic E-state index is 11.6.